The monoisotopic (exact) mass is 574 g/mol. The number of ether oxygens (including phenoxy) is 3. The minimum atomic E-state index is -1.31. The van der Waals surface area contributed by atoms with E-state index < -0.39 is 53.6 Å². The Labute approximate surface area is 246 Å². The van der Waals surface area contributed by atoms with Gasteiger partial charge in [0.05, 0.1) is 31.3 Å². The van der Waals surface area contributed by atoms with E-state index >= 15 is 0 Å². The summed E-state index contributed by atoms with van der Waals surface area (Å²) in [6.07, 6.45) is 3.48. The van der Waals surface area contributed by atoms with Crippen LogP contribution < -0.4 is 9.64 Å². The van der Waals surface area contributed by atoms with Gasteiger partial charge in [0, 0.05) is 12.2 Å². The fraction of sp³-hybridized carbons (Fsp3) is 0.424. The van der Waals surface area contributed by atoms with E-state index in [4.69, 9.17) is 14.2 Å². The first kappa shape index (κ1) is 29.5. The van der Waals surface area contributed by atoms with E-state index in [1.807, 2.05) is 44.2 Å². The standard InChI is InChI=1S/C33H38N2O7/c1-6-17-34(23-13-15-24(40-5)16-14-23)30(38)28-33-19-21(3)32(4,42-33)27(31(39)41-18-7-2)26(33)29(37)35(28)25(20-36)22-11-9-8-10-12-22/h6-16,21,25-28,36H,1-2,17-20H2,3-5H3/t21?,25-,26+,27-,28?,32+,33?/m1/s1. The first-order valence-electron chi connectivity index (χ1n) is 14.2. The van der Waals surface area contributed by atoms with Crippen molar-refractivity contribution in [3.8, 4) is 5.75 Å². The van der Waals surface area contributed by atoms with Crippen LogP contribution in [0.4, 0.5) is 5.69 Å². The lowest BCUT2D eigenvalue weighted by atomic mass is 9.62. The van der Waals surface area contributed by atoms with E-state index in [2.05, 4.69) is 13.2 Å². The fourth-order valence-corrected chi connectivity index (χ4v) is 7.27. The molecule has 0 saturated carbocycles. The Kier molecular flexibility index (Phi) is 8.00. The summed E-state index contributed by atoms with van der Waals surface area (Å²) in [6.45, 7) is 11.0. The van der Waals surface area contributed by atoms with Crippen LogP contribution in [0.2, 0.25) is 0 Å². The predicted molar refractivity (Wildman–Crippen MR) is 157 cm³/mol. The highest BCUT2D eigenvalue weighted by atomic mass is 16.6. The first-order chi connectivity index (χ1) is 20.2. The lowest BCUT2D eigenvalue weighted by molar-refractivity contribution is -0.161. The van der Waals surface area contributed by atoms with Crippen molar-refractivity contribution >= 4 is 23.5 Å². The molecular formula is C33H38N2O7. The number of aliphatic hydroxyl groups excluding tert-OH is 1. The molecule has 3 heterocycles. The molecule has 3 unspecified atom stereocenters. The predicted octanol–water partition coefficient (Wildman–Crippen LogP) is 3.69. The number of carbonyl (C=O) groups is 3. The van der Waals surface area contributed by atoms with Crippen molar-refractivity contribution in [2.75, 3.05) is 31.8 Å². The zero-order chi connectivity index (χ0) is 30.2. The van der Waals surface area contributed by atoms with Gasteiger partial charge in [0.15, 0.2) is 0 Å². The Morgan fingerprint density at radius 3 is 2.45 bits per heavy atom. The Bertz CT molecular complexity index is 1360. The van der Waals surface area contributed by atoms with Gasteiger partial charge in [0.25, 0.3) is 5.91 Å². The molecule has 1 spiro atoms. The second-order valence-electron chi connectivity index (χ2n) is 11.4. The molecule has 42 heavy (non-hydrogen) atoms. The molecule has 0 radical (unpaired) electrons. The van der Waals surface area contributed by atoms with Gasteiger partial charge < -0.3 is 29.1 Å². The maximum absolute atomic E-state index is 14.8. The Balaban J connectivity index is 1.67. The molecular weight excluding hydrogens is 536 g/mol. The minimum Gasteiger partial charge on any atom is -0.497 e. The van der Waals surface area contributed by atoms with Crippen LogP contribution in [0.5, 0.6) is 5.75 Å². The van der Waals surface area contributed by atoms with Crippen LogP contribution in [0.15, 0.2) is 79.9 Å². The number of likely N-dealkylation sites (tertiary alicyclic amines) is 1. The third-order valence-electron chi connectivity index (χ3n) is 9.24. The number of esters is 1. The third-order valence-corrected chi connectivity index (χ3v) is 9.24. The molecule has 0 aliphatic carbocycles. The van der Waals surface area contributed by atoms with Crippen LogP contribution in [-0.4, -0.2) is 71.9 Å². The summed E-state index contributed by atoms with van der Waals surface area (Å²) in [7, 11) is 1.56. The summed E-state index contributed by atoms with van der Waals surface area (Å²) in [5, 5.41) is 10.7. The number of carbonyl (C=O) groups excluding carboxylic acids is 3. The quantitative estimate of drug-likeness (QED) is 0.322. The van der Waals surface area contributed by atoms with Crippen molar-refractivity contribution in [2.24, 2.45) is 17.8 Å². The number of aliphatic hydroxyl groups is 1. The molecule has 222 valence electrons. The van der Waals surface area contributed by atoms with Gasteiger partial charge >= 0.3 is 5.97 Å². The molecule has 7 atom stereocenters. The highest BCUT2D eigenvalue weighted by Gasteiger charge is 2.81. The normalized spacial score (nSPS) is 30.0. The van der Waals surface area contributed by atoms with Crippen LogP contribution in [0.3, 0.4) is 0 Å². The second kappa shape index (κ2) is 11.4. The number of nitrogens with zero attached hydrogens (tertiary/aromatic N) is 2. The highest BCUT2D eigenvalue weighted by Crippen LogP contribution is 2.66. The fourth-order valence-electron chi connectivity index (χ4n) is 7.27. The van der Waals surface area contributed by atoms with Gasteiger partial charge in [0.2, 0.25) is 5.91 Å². The van der Waals surface area contributed by atoms with Crippen LogP contribution >= 0.6 is 0 Å². The molecule has 2 aromatic rings. The van der Waals surface area contributed by atoms with Gasteiger partial charge in [-0.1, -0.05) is 56.0 Å². The number of hydrogen-bond acceptors (Lipinski definition) is 7. The second-order valence-corrected chi connectivity index (χ2v) is 11.4. The number of benzene rings is 2. The summed E-state index contributed by atoms with van der Waals surface area (Å²) in [5.41, 5.74) is -1.08. The molecule has 1 N–H and O–H groups in total. The van der Waals surface area contributed by atoms with E-state index in [-0.39, 0.29) is 25.0 Å². The van der Waals surface area contributed by atoms with Crippen molar-refractivity contribution in [1.82, 2.24) is 4.90 Å². The molecule has 2 bridgehead atoms. The van der Waals surface area contributed by atoms with Crippen LogP contribution in [0.1, 0.15) is 31.9 Å². The number of amides is 2. The number of hydrogen-bond donors (Lipinski definition) is 1. The first-order valence-corrected chi connectivity index (χ1v) is 14.2. The maximum Gasteiger partial charge on any atom is 0.313 e. The summed E-state index contributed by atoms with van der Waals surface area (Å²) in [4.78, 5) is 46.0. The average Bonchev–Trinajstić information content (AvgIpc) is 3.52. The van der Waals surface area contributed by atoms with E-state index in [1.165, 1.54) is 11.0 Å². The van der Waals surface area contributed by atoms with Gasteiger partial charge in [-0.3, -0.25) is 14.4 Å². The number of rotatable bonds is 11. The van der Waals surface area contributed by atoms with Gasteiger partial charge in [0.1, 0.15) is 29.9 Å². The van der Waals surface area contributed by atoms with Crippen molar-refractivity contribution in [3.63, 3.8) is 0 Å². The largest absolute Gasteiger partial charge is 0.497 e. The third kappa shape index (κ3) is 4.42. The zero-order valence-corrected chi connectivity index (χ0v) is 24.3. The Hall–Kier alpha value is -3.95. The summed E-state index contributed by atoms with van der Waals surface area (Å²) in [6, 6.07) is 14.2. The SMILES string of the molecule is C=CCOC(=O)[C@H]1[C@H]2C(=O)N([C@H](CO)c3ccccc3)C(C(=O)N(CC=C)c3ccc(OC)cc3)C23CC(C)[C@]1(C)O3. The smallest absolute Gasteiger partial charge is 0.313 e. The summed E-state index contributed by atoms with van der Waals surface area (Å²) >= 11 is 0. The molecule has 2 amide bonds. The van der Waals surface area contributed by atoms with Gasteiger partial charge in [-0.25, -0.2) is 0 Å². The molecule has 5 rings (SSSR count). The van der Waals surface area contributed by atoms with Crippen molar-refractivity contribution in [3.05, 3.63) is 85.5 Å². The van der Waals surface area contributed by atoms with E-state index in [1.54, 1.807) is 42.4 Å². The van der Waals surface area contributed by atoms with Crippen molar-refractivity contribution in [1.29, 1.82) is 0 Å². The van der Waals surface area contributed by atoms with Gasteiger partial charge in [-0.2, -0.15) is 0 Å². The van der Waals surface area contributed by atoms with Crippen LogP contribution in [-0.2, 0) is 23.9 Å². The van der Waals surface area contributed by atoms with Crippen molar-refractivity contribution in [2.45, 2.75) is 43.6 Å². The molecule has 9 heteroatoms. The Morgan fingerprint density at radius 1 is 1.17 bits per heavy atom. The molecule has 2 aromatic carbocycles. The lowest BCUT2D eigenvalue weighted by Gasteiger charge is -2.39. The topological polar surface area (TPSA) is 106 Å². The van der Waals surface area contributed by atoms with E-state index in [0.717, 1.165) is 0 Å². The molecule has 0 aromatic heterocycles. The highest BCUT2D eigenvalue weighted by molar-refractivity contribution is 6.05. The summed E-state index contributed by atoms with van der Waals surface area (Å²) in [5.74, 6) is -2.79. The van der Waals surface area contributed by atoms with Gasteiger partial charge in [-0.15, -0.1) is 6.58 Å². The number of methoxy groups -OCH3 is 1. The van der Waals surface area contributed by atoms with Crippen molar-refractivity contribution < 1.29 is 33.7 Å². The number of anilines is 1. The molecule has 9 nitrogen and oxygen atoms in total. The Morgan fingerprint density at radius 2 is 1.86 bits per heavy atom. The average molecular weight is 575 g/mol. The van der Waals surface area contributed by atoms with Gasteiger partial charge in [-0.05, 0) is 49.1 Å². The number of fused-ring (bicyclic) bond motifs is 1. The zero-order valence-electron chi connectivity index (χ0n) is 24.3. The molecule has 3 fully saturated rings. The summed E-state index contributed by atoms with van der Waals surface area (Å²) < 4.78 is 17.6. The lowest BCUT2D eigenvalue weighted by Crippen LogP contribution is -2.57. The van der Waals surface area contributed by atoms with E-state index in [0.29, 0.717) is 23.4 Å². The van der Waals surface area contributed by atoms with Crippen LogP contribution in [0.25, 0.3) is 0 Å². The molecule has 3 aliphatic heterocycles. The molecule has 3 saturated heterocycles. The van der Waals surface area contributed by atoms with E-state index in [9.17, 15) is 19.5 Å². The van der Waals surface area contributed by atoms with Crippen LogP contribution in [0, 0.1) is 17.8 Å². The molecule has 3 aliphatic rings. The maximum atomic E-state index is 14.8. The minimum absolute atomic E-state index is 0.00631.